The van der Waals surface area contributed by atoms with Gasteiger partial charge < -0.3 is 9.88 Å². The van der Waals surface area contributed by atoms with Crippen molar-refractivity contribution < 1.29 is 0 Å². The summed E-state index contributed by atoms with van der Waals surface area (Å²) in [4.78, 5) is 4.57. The van der Waals surface area contributed by atoms with Gasteiger partial charge in [-0.15, -0.1) is 11.3 Å². The lowest BCUT2D eigenvalue weighted by Gasteiger charge is -2.18. The fourth-order valence-corrected chi connectivity index (χ4v) is 3.60. The number of aryl methyl sites for hydroxylation is 1. The smallest absolute Gasteiger partial charge is 0.130 e. The van der Waals surface area contributed by atoms with Gasteiger partial charge in [0.2, 0.25) is 0 Å². The summed E-state index contributed by atoms with van der Waals surface area (Å²) < 4.78 is 3.54. The zero-order chi connectivity index (χ0) is 13.9. The van der Waals surface area contributed by atoms with Crippen LogP contribution >= 0.6 is 11.3 Å². The molecule has 0 saturated heterocycles. The number of imidazole rings is 1. The van der Waals surface area contributed by atoms with Crippen molar-refractivity contribution in [1.82, 2.24) is 14.9 Å². The molecule has 1 atom stereocenters. The summed E-state index contributed by atoms with van der Waals surface area (Å²) in [6.07, 6.45) is 3.94. The Kier molecular flexibility index (Phi) is 3.85. The Morgan fingerprint density at radius 3 is 2.95 bits per heavy atom. The third-order valence-electron chi connectivity index (χ3n) is 3.58. The van der Waals surface area contributed by atoms with Gasteiger partial charge in [-0.25, -0.2) is 4.98 Å². The largest absolute Gasteiger partial charge is 0.334 e. The van der Waals surface area contributed by atoms with Crippen LogP contribution in [0.15, 0.2) is 42.0 Å². The molecule has 0 spiro atoms. The van der Waals surface area contributed by atoms with Gasteiger partial charge in [0.25, 0.3) is 0 Å². The van der Waals surface area contributed by atoms with Gasteiger partial charge in [-0.3, -0.25) is 0 Å². The summed E-state index contributed by atoms with van der Waals surface area (Å²) in [7, 11) is 0. The number of hydrogen-bond acceptors (Lipinski definition) is 3. The first-order valence-electron chi connectivity index (χ1n) is 7.05. The molecule has 1 unspecified atom stereocenters. The van der Waals surface area contributed by atoms with Gasteiger partial charge in [-0.05, 0) is 35.9 Å². The van der Waals surface area contributed by atoms with Crippen LogP contribution in [-0.2, 0) is 6.54 Å². The summed E-state index contributed by atoms with van der Waals surface area (Å²) in [6.45, 7) is 6.16. The van der Waals surface area contributed by atoms with Crippen molar-refractivity contribution in [3.63, 3.8) is 0 Å². The highest BCUT2D eigenvalue weighted by molar-refractivity contribution is 7.17. The van der Waals surface area contributed by atoms with Crippen LogP contribution in [-0.4, -0.2) is 16.1 Å². The van der Waals surface area contributed by atoms with Crippen LogP contribution in [0.4, 0.5) is 0 Å². The second-order valence-electron chi connectivity index (χ2n) is 4.75. The molecule has 20 heavy (non-hydrogen) atoms. The molecule has 3 aromatic rings. The van der Waals surface area contributed by atoms with Crippen LogP contribution in [0.1, 0.15) is 31.3 Å². The number of nitrogens with one attached hydrogen (secondary N) is 1. The van der Waals surface area contributed by atoms with Crippen molar-refractivity contribution in [2.75, 3.05) is 6.54 Å². The molecule has 4 heteroatoms. The van der Waals surface area contributed by atoms with Crippen LogP contribution in [0.25, 0.3) is 10.1 Å². The van der Waals surface area contributed by atoms with E-state index in [-0.39, 0.29) is 6.04 Å². The Labute approximate surface area is 123 Å². The Morgan fingerprint density at radius 1 is 1.30 bits per heavy atom. The Bertz CT molecular complexity index is 698. The highest BCUT2D eigenvalue weighted by Gasteiger charge is 2.20. The maximum atomic E-state index is 4.57. The van der Waals surface area contributed by atoms with Crippen LogP contribution in [0.5, 0.6) is 0 Å². The lowest BCUT2D eigenvalue weighted by atomic mass is 10.0. The third kappa shape index (κ3) is 2.25. The molecule has 104 valence electrons. The van der Waals surface area contributed by atoms with Gasteiger partial charge in [0.1, 0.15) is 5.82 Å². The van der Waals surface area contributed by atoms with Crippen molar-refractivity contribution in [1.29, 1.82) is 0 Å². The van der Waals surface area contributed by atoms with E-state index in [4.69, 9.17) is 0 Å². The van der Waals surface area contributed by atoms with Crippen molar-refractivity contribution in [3.8, 4) is 0 Å². The normalized spacial score (nSPS) is 12.9. The Balaban J connectivity index is 2.11. The zero-order valence-electron chi connectivity index (χ0n) is 11.8. The van der Waals surface area contributed by atoms with Gasteiger partial charge in [-0.1, -0.05) is 25.1 Å². The summed E-state index contributed by atoms with van der Waals surface area (Å²) in [5.74, 6) is 1.10. The number of nitrogens with zero attached hydrogens (tertiary/aromatic N) is 2. The van der Waals surface area contributed by atoms with Crippen molar-refractivity contribution >= 4 is 21.4 Å². The highest BCUT2D eigenvalue weighted by Crippen LogP contribution is 2.32. The van der Waals surface area contributed by atoms with E-state index in [0.717, 1.165) is 18.9 Å². The second kappa shape index (κ2) is 5.77. The molecule has 0 radical (unpaired) electrons. The number of fused-ring (bicyclic) bond motifs is 1. The molecule has 1 aromatic carbocycles. The monoisotopic (exact) mass is 285 g/mol. The minimum Gasteiger partial charge on any atom is -0.334 e. The third-order valence-corrected chi connectivity index (χ3v) is 4.56. The van der Waals surface area contributed by atoms with Crippen LogP contribution < -0.4 is 5.32 Å². The molecular formula is C16H19N3S. The molecule has 3 nitrogen and oxygen atoms in total. The number of rotatable bonds is 5. The minimum atomic E-state index is 0.158. The molecule has 2 heterocycles. The summed E-state index contributed by atoms with van der Waals surface area (Å²) in [5, 5.41) is 7.16. The van der Waals surface area contributed by atoms with Gasteiger partial charge in [0, 0.05) is 23.6 Å². The summed E-state index contributed by atoms with van der Waals surface area (Å²) in [6, 6.07) is 8.74. The summed E-state index contributed by atoms with van der Waals surface area (Å²) in [5.41, 5.74) is 1.33. The fourth-order valence-electron chi connectivity index (χ4n) is 2.61. The van der Waals surface area contributed by atoms with Gasteiger partial charge in [0.05, 0.1) is 6.04 Å². The molecule has 0 aliphatic carbocycles. The van der Waals surface area contributed by atoms with E-state index in [1.165, 1.54) is 15.6 Å². The summed E-state index contributed by atoms with van der Waals surface area (Å²) >= 11 is 1.80. The van der Waals surface area contributed by atoms with Gasteiger partial charge in [0.15, 0.2) is 0 Å². The van der Waals surface area contributed by atoms with Crippen molar-refractivity contribution in [2.24, 2.45) is 0 Å². The molecule has 0 fully saturated rings. The van der Waals surface area contributed by atoms with E-state index in [0.29, 0.717) is 0 Å². The average molecular weight is 285 g/mol. The maximum Gasteiger partial charge on any atom is 0.130 e. The van der Waals surface area contributed by atoms with E-state index < -0.39 is 0 Å². The first-order valence-corrected chi connectivity index (χ1v) is 7.93. The van der Waals surface area contributed by atoms with E-state index in [1.54, 1.807) is 11.3 Å². The Hall–Kier alpha value is -1.65. The first-order chi connectivity index (χ1) is 9.85. The number of thiophene rings is 1. The molecule has 2 aromatic heterocycles. The van der Waals surface area contributed by atoms with Crippen molar-refractivity contribution in [3.05, 3.63) is 53.4 Å². The molecule has 0 bridgehead atoms. The van der Waals surface area contributed by atoms with E-state index in [2.05, 4.69) is 58.4 Å². The fraction of sp³-hybridized carbons (Fsp3) is 0.312. The van der Waals surface area contributed by atoms with Crippen LogP contribution in [0.2, 0.25) is 0 Å². The molecule has 0 aliphatic rings. The quantitative estimate of drug-likeness (QED) is 0.772. The standard InChI is InChI=1S/C16H19N3S/c1-3-17-15(16-18-9-10-19(16)4-2)13-11-20-14-8-6-5-7-12(13)14/h5-11,15,17H,3-4H2,1-2H3. The Morgan fingerprint density at radius 2 is 2.15 bits per heavy atom. The SMILES string of the molecule is CCNC(c1csc2ccccc12)c1nccn1CC. The number of benzene rings is 1. The van der Waals surface area contributed by atoms with Crippen LogP contribution in [0.3, 0.4) is 0 Å². The van der Waals surface area contributed by atoms with E-state index in [9.17, 15) is 0 Å². The maximum absolute atomic E-state index is 4.57. The van der Waals surface area contributed by atoms with Gasteiger partial charge >= 0.3 is 0 Å². The molecule has 3 rings (SSSR count). The lowest BCUT2D eigenvalue weighted by Crippen LogP contribution is -2.25. The number of aromatic nitrogens is 2. The predicted octanol–water partition coefficient (Wildman–Crippen LogP) is 3.82. The molecule has 1 N–H and O–H groups in total. The van der Waals surface area contributed by atoms with Gasteiger partial charge in [-0.2, -0.15) is 0 Å². The predicted molar refractivity (Wildman–Crippen MR) is 85.2 cm³/mol. The number of hydrogen-bond donors (Lipinski definition) is 1. The molecule has 0 saturated carbocycles. The highest BCUT2D eigenvalue weighted by atomic mass is 32.1. The minimum absolute atomic E-state index is 0.158. The zero-order valence-corrected chi connectivity index (χ0v) is 12.7. The molecule has 0 amide bonds. The molecular weight excluding hydrogens is 266 g/mol. The van der Waals surface area contributed by atoms with E-state index >= 15 is 0 Å². The van der Waals surface area contributed by atoms with E-state index in [1.807, 2.05) is 12.4 Å². The lowest BCUT2D eigenvalue weighted by molar-refractivity contribution is 0.562. The average Bonchev–Trinajstić information content (AvgIpc) is 3.11. The topological polar surface area (TPSA) is 29.9 Å². The second-order valence-corrected chi connectivity index (χ2v) is 5.66. The first kappa shape index (κ1) is 13.3. The van der Waals surface area contributed by atoms with Crippen molar-refractivity contribution in [2.45, 2.75) is 26.4 Å². The van der Waals surface area contributed by atoms with Crippen LogP contribution in [0, 0.1) is 0 Å². The molecule has 0 aliphatic heterocycles.